The lowest BCUT2D eigenvalue weighted by Gasteiger charge is -2.03. The molecule has 6 heteroatoms. The Morgan fingerprint density at radius 2 is 2.26 bits per heavy atom. The van der Waals surface area contributed by atoms with Crippen molar-refractivity contribution in [2.45, 2.75) is 32.2 Å². The van der Waals surface area contributed by atoms with Crippen molar-refractivity contribution in [3.8, 4) is 0 Å². The second-order valence-corrected chi connectivity index (χ2v) is 4.73. The first kappa shape index (κ1) is 14.0. The minimum Gasteiger partial charge on any atom is -0.338 e. The summed E-state index contributed by atoms with van der Waals surface area (Å²) in [5.74, 6) is 0.384. The van der Waals surface area contributed by atoms with E-state index >= 15 is 0 Å². The normalized spacial score (nSPS) is 12.6. The predicted molar refractivity (Wildman–Crippen MR) is 70.4 cm³/mol. The Morgan fingerprint density at radius 1 is 1.47 bits per heavy atom. The largest absolute Gasteiger partial charge is 0.338 e. The molecule has 0 saturated carbocycles. The number of nitrogens with zero attached hydrogens (tertiary/aromatic N) is 2. The first-order chi connectivity index (χ1) is 9.11. The van der Waals surface area contributed by atoms with Crippen LogP contribution in [0.3, 0.4) is 0 Å². The van der Waals surface area contributed by atoms with E-state index in [1.165, 1.54) is 6.07 Å². The highest BCUT2D eigenvalue weighted by molar-refractivity contribution is 6.31. The van der Waals surface area contributed by atoms with Crippen LogP contribution in [0.15, 0.2) is 22.7 Å². The summed E-state index contributed by atoms with van der Waals surface area (Å²) in [5.41, 5.74) is 6.24. The maximum Gasteiger partial charge on any atom is 0.243 e. The first-order valence-corrected chi connectivity index (χ1v) is 6.50. The van der Waals surface area contributed by atoms with Crippen LogP contribution in [0.5, 0.6) is 0 Å². The van der Waals surface area contributed by atoms with Crippen molar-refractivity contribution < 1.29 is 8.91 Å². The average Bonchev–Trinajstić information content (AvgIpc) is 2.83. The van der Waals surface area contributed by atoms with Gasteiger partial charge in [-0.2, -0.15) is 4.98 Å². The highest BCUT2D eigenvalue weighted by Gasteiger charge is 2.16. The second-order valence-electron chi connectivity index (χ2n) is 4.32. The zero-order chi connectivity index (χ0) is 13.8. The van der Waals surface area contributed by atoms with Gasteiger partial charge in [-0.1, -0.05) is 36.2 Å². The van der Waals surface area contributed by atoms with E-state index in [-0.39, 0.29) is 18.3 Å². The van der Waals surface area contributed by atoms with E-state index in [1.807, 2.05) is 6.92 Å². The van der Waals surface area contributed by atoms with E-state index < -0.39 is 0 Å². The van der Waals surface area contributed by atoms with E-state index in [4.69, 9.17) is 21.9 Å². The highest BCUT2D eigenvalue weighted by Crippen LogP contribution is 2.22. The fourth-order valence-electron chi connectivity index (χ4n) is 1.78. The van der Waals surface area contributed by atoms with Crippen molar-refractivity contribution in [2.75, 3.05) is 0 Å². The third-order valence-corrected chi connectivity index (χ3v) is 3.15. The van der Waals surface area contributed by atoms with Gasteiger partial charge in [0, 0.05) is 17.0 Å². The Kier molecular flexibility index (Phi) is 4.50. The summed E-state index contributed by atoms with van der Waals surface area (Å²) in [6, 6.07) is 4.26. The number of benzene rings is 1. The SMILES string of the molecule is CCCC(N)c1nc(Cc2c(F)cccc2Cl)no1. The van der Waals surface area contributed by atoms with Gasteiger partial charge in [0.15, 0.2) is 5.82 Å². The van der Waals surface area contributed by atoms with Crippen LogP contribution < -0.4 is 5.73 Å². The van der Waals surface area contributed by atoms with Gasteiger partial charge in [0.2, 0.25) is 5.89 Å². The minimum atomic E-state index is -0.378. The molecule has 0 spiro atoms. The van der Waals surface area contributed by atoms with Crippen molar-refractivity contribution >= 4 is 11.6 Å². The third kappa shape index (κ3) is 3.30. The molecular weight excluding hydrogens is 269 g/mol. The maximum atomic E-state index is 13.6. The number of hydrogen-bond donors (Lipinski definition) is 1. The molecule has 1 aromatic carbocycles. The van der Waals surface area contributed by atoms with Crippen molar-refractivity contribution in [3.63, 3.8) is 0 Å². The Hall–Kier alpha value is -1.46. The van der Waals surface area contributed by atoms with Crippen LogP contribution in [0.25, 0.3) is 0 Å². The van der Waals surface area contributed by atoms with Crippen molar-refractivity contribution in [2.24, 2.45) is 5.73 Å². The summed E-state index contributed by atoms with van der Waals surface area (Å²) >= 11 is 5.95. The van der Waals surface area contributed by atoms with Gasteiger partial charge in [0.05, 0.1) is 6.04 Å². The lowest BCUT2D eigenvalue weighted by molar-refractivity contribution is 0.344. The maximum absolute atomic E-state index is 13.6. The molecule has 0 fully saturated rings. The summed E-state index contributed by atoms with van der Waals surface area (Å²) in [4.78, 5) is 4.18. The quantitative estimate of drug-likeness (QED) is 0.915. The zero-order valence-electron chi connectivity index (χ0n) is 10.6. The molecule has 0 saturated heterocycles. The highest BCUT2D eigenvalue weighted by atomic mass is 35.5. The molecule has 19 heavy (non-hydrogen) atoms. The van der Waals surface area contributed by atoms with Gasteiger partial charge in [0.25, 0.3) is 0 Å². The smallest absolute Gasteiger partial charge is 0.243 e. The molecule has 4 nitrogen and oxygen atoms in total. The van der Waals surface area contributed by atoms with Gasteiger partial charge in [-0.3, -0.25) is 0 Å². The monoisotopic (exact) mass is 283 g/mol. The van der Waals surface area contributed by atoms with E-state index in [9.17, 15) is 4.39 Å². The molecule has 0 amide bonds. The summed E-state index contributed by atoms with van der Waals surface area (Å²) in [7, 11) is 0. The third-order valence-electron chi connectivity index (χ3n) is 2.80. The minimum absolute atomic E-state index is 0.188. The van der Waals surface area contributed by atoms with Crippen molar-refractivity contribution in [3.05, 3.63) is 46.3 Å². The van der Waals surface area contributed by atoms with E-state index in [0.717, 1.165) is 12.8 Å². The molecule has 1 unspecified atom stereocenters. The molecule has 2 aromatic rings. The Bertz CT molecular complexity index is 538. The van der Waals surface area contributed by atoms with Gasteiger partial charge in [-0.05, 0) is 18.6 Å². The number of nitrogens with two attached hydrogens (primary N) is 1. The molecule has 102 valence electrons. The van der Waals surface area contributed by atoms with Crippen LogP contribution >= 0.6 is 11.6 Å². The lowest BCUT2D eigenvalue weighted by Crippen LogP contribution is -2.10. The van der Waals surface area contributed by atoms with E-state index in [0.29, 0.717) is 22.3 Å². The Morgan fingerprint density at radius 3 is 2.95 bits per heavy atom. The molecule has 1 heterocycles. The van der Waals surface area contributed by atoms with Crippen molar-refractivity contribution in [1.29, 1.82) is 0 Å². The second kappa shape index (κ2) is 6.12. The number of hydrogen-bond acceptors (Lipinski definition) is 4. The molecular formula is C13H15ClFN3O. The van der Waals surface area contributed by atoms with Gasteiger partial charge in [-0.25, -0.2) is 4.39 Å². The van der Waals surface area contributed by atoms with Crippen LogP contribution in [0.2, 0.25) is 5.02 Å². The summed E-state index contributed by atoms with van der Waals surface area (Å²) in [6.45, 7) is 2.02. The van der Waals surface area contributed by atoms with Crippen LogP contribution in [-0.4, -0.2) is 10.1 Å². The van der Waals surface area contributed by atoms with Crippen molar-refractivity contribution in [1.82, 2.24) is 10.1 Å². The molecule has 2 rings (SSSR count). The molecule has 0 aliphatic rings. The molecule has 0 aliphatic heterocycles. The molecule has 0 aliphatic carbocycles. The molecule has 0 bridgehead atoms. The summed E-state index contributed by atoms with van der Waals surface area (Å²) in [6.07, 6.45) is 1.88. The number of rotatable bonds is 5. The zero-order valence-corrected chi connectivity index (χ0v) is 11.3. The van der Waals surface area contributed by atoms with Crippen LogP contribution in [0.1, 0.15) is 43.1 Å². The number of halogens is 2. The van der Waals surface area contributed by atoms with Crippen LogP contribution in [0, 0.1) is 5.82 Å². The standard InChI is InChI=1S/C13H15ClFN3O/c1-2-4-11(16)13-17-12(18-19-13)7-8-9(14)5-3-6-10(8)15/h3,5-6,11H,2,4,7,16H2,1H3. The van der Waals surface area contributed by atoms with Gasteiger partial charge in [0.1, 0.15) is 5.82 Å². The molecule has 2 N–H and O–H groups in total. The average molecular weight is 284 g/mol. The Labute approximate surface area is 115 Å². The fourth-order valence-corrected chi connectivity index (χ4v) is 2.01. The van der Waals surface area contributed by atoms with E-state index in [1.54, 1.807) is 12.1 Å². The van der Waals surface area contributed by atoms with Gasteiger partial charge in [-0.15, -0.1) is 0 Å². The van der Waals surface area contributed by atoms with Gasteiger partial charge < -0.3 is 10.3 Å². The van der Waals surface area contributed by atoms with Crippen LogP contribution in [0.4, 0.5) is 4.39 Å². The first-order valence-electron chi connectivity index (χ1n) is 6.12. The Balaban J connectivity index is 2.16. The summed E-state index contributed by atoms with van der Waals surface area (Å²) in [5, 5.41) is 4.16. The predicted octanol–water partition coefficient (Wildman–Crippen LogP) is 3.25. The van der Waals surface area contributed by atoms with Crippen LogP contribution in [-0.2, 0) is 6.42 Å². The molecule has 1 atom stereocenters. The lowest BCUT2D eigenvalue weighted by atomic mass is 10.1. The molecule has 1 aromatic heterocycles. The number of aromatic nitrogens is 2. The van der Waals surface area contributed by atoms with Gasteiger partial charge >= 0.3 is 0 Å². The summed E-state index contributed by atoms with van der Waals surface area (Å²) < 4.78 is 18.7. The van der Waals surface area contributed by atoms with E-state index in [2.05, 4.69) is 10.1 Å². The fraction of sp³-hybridized carbons (Fsp3) is 0.385. The topological polar surface area (TPSA) is 64.9 Å². The molecule has 0 radical (unpaired) electrons.